The van der Waals surface area contributed by atoms with Crippen molar-refractivity contribution in [1.29, 1.82) is 0 Å². The summed E-state index contributed by atoms with van der Waals surface area (Å²) in [6.07, 6.45) is 6.62. The van der Waals surface area contributed by atoms with Crippen LogP contribution in [0.15, 0.2) is 12.4 Å². The fourth-order valence-corrected chi connectivity index (χ4v) is 2.41. The third-order valence-electron chi connectivity index (χ3n) is 3.49. The molecule has 100 valence electrons. The molecule has 1 aromatic heterocycles. The van der Waals surface area contributed by atoms with Crippen molar-refractivity contribution in [2.24, 2.45) is 7.05 Å². The normalized spacial score (nSPS) is 17.1. The first kappa shape index (κ1) is 13.1. The number of imidazole rings is 1. The Balaban J connectivity index is 1.72. The monoisotopic (exact) mass is 250 g/mol. The number of nitrogens with one attached hydrogen (secondary N) is 1. The molecule has 0 aromatic carbocycles. The number of rotatable bonds is 5. The summed E-state index contributed by atoms with van der Waals surface area (Å²) >= 11 is 0. The molecule has 0 saturated carbocycles. The number of aryl methyl sites for hydroxylation is 1. The van der Waals surface area contributed by atoms with Crippen molar-refractivity contribution < 1.29 is 4.79 Å². The lowest BCUT2D eigenvalue weighted by Crippen LogP contribution is -2.31. The lowest BCUT2D eigenvalue weighted by molar-refractivity contribution is -0.130. The molecule has 0 spiro atoms. The zero-order chi connectivity index (χ0) is 13.0. The summed E-state index contributed by atoms with van der Waals surface area (Å²) in [7, 11) is 1.98. The van der Waals surface area contributed by atoms with Gasteiger partial charge in [0.1, 0.15) is 5.82 Å². The summed E-state index contributed by atoms with van der Waals surface area (Å²) in [5.74, 6) is 1.27. The standard InChI is InChI=1S/C13H22N4O/c1-11(13-15-7-10-16(13)2)14-6-5-12(18)17-8-3-4-9-17/h7,10-11,14H,3-6,8-9H2,1-2H3. The number of nitrogens with zero attached hydrogens (tertiary/aromatic N) is 3. The summed E-state index contributed by atoms with van der Waals surface area (Å²) in [6, 6.07) is 0.177. The number of carbonyl (C=O) groups is 1. The van der Waals surface area contributed by atoms with Gasteiger partial charge in [0.25, 0.3) is 0 Å². The Morgan fingerprint density at radius 1 is 1.50 bits per heavy atom. The van der Waals surface area contributed by atoms with Gasteiger partial charge < -0.3 is 14.8 Å². The maximum Gasteiger partial charge on any atom is 0.223 e. The zero-order valence-electron chi connectivity index (χ0n) is 11.2. The summed E-state index contributed by atoms with van der Waals surface area (Å²) in [6.45, 7) is 4.66. The molecular weight excluding hydrogens is 228 g/mol. The molecular formula is C13H22N4O. The van der Waals surface area contributed by atoms with E-state index in [2.05, 4.69) is 17.2 Å². The summed E-state index contributed by atoms with van der Waals surface area (Å²) in [4.78, 5) is 18.1. The number of hydrogen-bond donors (Lipinski definition) is 1. The topological polar surface area (TPSA) is 50.2 Å². The SMILES string of the molecule is CC(NCCC(=O)N1CCCC1)c1nccn1C. The molecule has 1 amide bonds. The van der Waals surface area contributed by atoms with Crippen molar-refractivity contribution >= 4 is 5.91 Å². The van der Waals surface area contributed by atoms with Crippen molar-refractivity contribution in [1.82, 2.24) is 19.8 Å². The Hall–Kier alpha value is -1.36. The van der Waals surface area contributed by atoms with Gasteiger partial charge in [-0.25, -0.2) is 4.98 Å². The molecule has 1 atom stereocenters. The summed E-state index contributed by atoms with van der Waals surface area (Å²) in [5, 5.41) is 3.35. The van der Waals surface area contributed by atoms with Crippen LogP contribution >= 0.6 is 0 Å². The van der Waals surface area contributed by atoms with Gasteiger partial charge in [-0.2, -0.15) is 0 Å². The Kier molecular flexibility index (Phi) is 4.36. The predicted molar refractivity (Wildman–Crippen MR) is 70.1 cm³/mol. The number of likely N-dealkylation sites (tertiary alicyclic amines) is 1. The van der Waals surface area contributed by atoms with E-state index in [1.165, 1.54) is 0 Å². The maximum absolute atomic E-state index is 11.8. The highest BCUT2D eigenvalue weighted by atomic mass is 16.2. The van der Waals surface area contributed by atoms with E-state index in [0.29, 0.717) is 13.0 Å². The smallest absolute Gasteiger partial charge is 0.223 e. The maximum atomic E-state index is 11.8. The fourth-order valence-electron chi connectivity index (χ4n) is 2.41. The summed E-state index contributed by atoms with van der Waals surface area (Å²) < 4.78 is 2.00. The Morgan fingerprint density at radius 3 is 2.83 bits per heavy atom. The van der Waals surface area contributed by atoms with E-state index >= 15 is 0 Å². The molecule has 0 radical (unpaired) electrons. The van der Waals surface area contributed by atoms with Crippen LogP contribution in [0.3, 0.4) is 0 Å². The van der Waals surface area contributed by atoms with E-state index in [-0.39, 0.29) is 11.9 Å². The van der Waals surface area contributed by atoms with Crippen molar-refractivity contribution in [2.75, 3.05) is 19.6 Å². The predicted octanol–water partition coefficient (Wildman–Crippen LogP) is 1.08. The molecule has 5 heteroatoms. The number of aromatic nitrogens is 2. The van der Waals surface area contributed by atoms with Gasteiger partial charge in [-0.1, -0.05) is 0 Å². The first-order valence-electron chi connectivity index (χ1n) is 6.67. The first-order valence-corrected chi connectivity index (χ1v) is 6.67. The molecule has 1 fully saturated rings. The van der Waals surface area contributed by atoms with Gasteiger partial charge in [-0.05, 0) is 19.8 Å². The van der Waals surface area contributed by atoms with Crippen LogP contribution in [0.5, 0.6) is 0 Å². The van der Waals surface area contributed by atoms with Crippen molar-refractivity contribution in [2.45, 2.75) is 32.2 Å². The van der Waals surface area contributed by atoms with E-state index < -0.39 is 0 Å². The van der Waals surface area contributed by atoms with Crippen LogP contribution in [0.2, 0.25) is 0 Å². The molecule has 0 bridgehead atoms. The van der Waals surface area contributed by atoms with E-state index in [4.69, 9.17) is 0 Å². The molecule has 5 nitrogen and oxygen atoms in total. The second-order valence-corrected chi connectivity index (χ2v) is 4.91. The fraction of sp³-hybridized carbons (Fsp3) is 0.692. The van der Waals surface area contributed by atoms with Gasteiger partial charge in [-0.15, -0.1) is 0 Å². The van der Waals surface area contributed by atoms with Crippen molar-refractivity contribution in [3.63, 3.8) is 0 Å². The molecule has 1 unspecified atom stereocenters. The average Bonchev–Trinajstić information content (AvgIpc) is 2.99. The number of carbonyl (C=O) groups excluding carboxylic acids is 1. The van der Waals surface area contributed by atoms with Crippen molar-refractivity contribution in [3.05, 3.63) is 18.2 Å². The second kappa shape index (κ2) is 6.00. The van der Waals surface area contributed by atoms with E-state index in [9.17, 15) is 4.79 Å². The molecule has 2 heterocycles. The zero-order valence-corrected chi connectivity index (χ0v) is 11.2. The van der Waals surface area contributed by atoms with Gasteiger partial charge in [0.2, 0.25) is 5.91 Å². The Labute approximate surface area is 108 Å². The van der Waals surface area contributed by atoms with E-state index in [1.807, 2.05) is 22.7 Å². The van der Waals surface area contributed by atoms with Crippen LogP contribution in [0.4, 0.5) is 0 Å². The van der Waals surface area contributed by atoms with Crippen LogP contribution in [0.25, 0.3) is 0 Å². The van der Waals surface area contributed by atoms with Crippen LogP contribution in [-0.4, -0.2) is 40.0 Å². The van der Waals surface area contributed by atoms with Crippen LogP contribution < -0.4 is 5.32 Å². The average molecular weight is 250 g/mol. The van der Waals surface area contributed by atoms with E-state index in [0.717, 1.165) is 31.8 Å². The number of hydrogen-bond acceptors (Lipinski definition) is 3. The Morgan fingerprint density at radius 2 is 2.22 bits per heavy atom. The van der Waals surface area contributed by atoms with E-state index in [1.54, 1.807) is 6.20 Å². The molecule has 1 N–H and O–H groups in total. The van der Waals surface area contributed by atoms with Crippen LogP contribution in [0, 0.1) is 0 Å². The highest BCUT2D eigenvalue weighted by Gasteiger charge is 2.17. The first-order chi connectivity index (χ1) is 8.68. The van der Waals surface area contributed by atoms with Crippen LogP contribution in [-0.2, 0) is 11.8 Å². The molecule has 1 aliphatic rings. The van der Waals surface area contributed by atoms with Gasteiger partial charge in [0.15, 0.2) is 0 Å². The Bertz CT molecular complexity index is 395. The highest BCUT2D eigenvalue weighted by Crippen LogP contribution is 2.10. The van der Waals surface area contributed by atoms with Gasteiger partial charge in [0, 0.05) is 45.5 Å². The minimum Gasteiger partial charge on any atom is -0.343 e. The quantitative estimate of drug-likeness (QED) is 0.851. The lowest BCUT2D eigenvalue weighted by atomic mass is 10.3. The molecule has 1 saturated heterocycles. The highest BCUT2D eigenvalue weighted by molar-refractivity contribution is 5.76. The third kappa shape index (κ3) is 3.10. The minimum atomic E-state index is 0.177. The van der Waals surface area contributed by atoms with Crippen molar-refractivity contribution in [3.8, 4) is 0 Å². The minimum absolute atomic E-state index is 0.177. The molecule has 0 aliphatic carbocycles. The van der Waals surface area contributed by atoms with Gasteiger partial charge >= 0.3 is 0 Å². The molecule has 18 heavy (non-hydrogen) atoms. The molecule has 1 aliphatic heterocycles. The third-order valence-corrected chi connectivity index (χ3v) is 3.49. The van der Waals surface area contributed by atoms with Crippen LogP contribution in [0.1, 0.15) is 38.1 Å². The summed E-state index contributed by atoms with van der Waals surface area (Å²) in [5.41, 5.74) is 0. The second-order valence-electron chi connectivity index (χ2n) is 4.91. The largest absolute Gasteiger partial charge is 0.343 e. The number of amides is 1. The van der Waals surface area contributed by atoms with Gasteiger partial charge in [-0.3, -0.25) is 4.79 Å². The lowest BCUT2D eigenvalue weighted by Gasteiger charge is -2.17. The molecule has 2 rings (SSSR count). The van der Waals surface area contributed by atoms with Gasteiger partial charge in [0.05, 0.1) is 6.04 Å². The molecule has 1 aromatic rings.